The second-order valence-electron chi connectivity index (χ2n) is 9.26. The number of methoxy groups -OCH3 is 2. The van der Waals surface area contributed by atoms with Crippen molar-refractivity contribution < 1.29 is 14.3 Å². The van der Waals surface area contributed by atoms with E-state index in [1.54, 1.807) is 25.3 Å². The number of benzene rings is 3. The molecule has 1 unspecified atom stereocenters. The number of aryl methyl sites for hydroxylation is 1. The largest absolute Gasteiger partial charge is 0.493 e. The standard InChI is InChI=1S/C30H29N3O5/c1-19-9-7-8-12-22(19)31-26-27(29(35)28(26)34)32-15-16-33(23(18-32)20-10-5-4-6-11-20)30(36)21-13-14-24(37-2)25(17-21)38-3/h4-14,17,23,31H,15-16,18H2,1-3H3. The van der Waals surface area contributed by atoms with Crippen LogP contribution in [0.25, 0.3) is 0 Å². The van der Waals surface area contributed by atoms with E-state index in [0.29, 0.717) is 48.1 Å². The van der Waals surface area contributed by atoms with Crippen LogP contribution in [-0.2, 0) is 0 Å². The molecule has 1 aliphatic rings. The number of rotatable bonds is 7. The number of carbonyl (C=O) groups is 1. The number of nitrogens with one attached hydrogen (secondary N) is 1. The summed E-state index contributed by atoms with van der Waals surface area (Å²) in [6, 6.07) is 22.1. The van der Waals surface area contributed by atoms with E-state index in [0.717, 1.165) is 16.8 Å². The average molecular weight is 512 g/mol. The fraction of sp³-hybridized carbons (Fsp3) is 0.233. The number of nitrogens with zero attached hydrogens (tertiary/aromatic N) is 2. The van der Waals surface area contributed by atoms with Gasteiger partial charge >= 0.3 is 0 Å². The Morgan fingerprint density at radius 3 is 2.29 bits per heavy atom. The minimum absolute atomic E-state index is 0.150. The van der Waals surface area contributed by atoms with Gasteiger partial charge in [-0.05, 0) is 42.3 Å². The fourth-order valence-electron chi connectivity index (χ4n) is 4.97. The first kappa shape index (κ1) is 25.1. The Morgan fingerprint density at radius 1 is 0.868 bits per heavy atom. The summed E-state index contributed by atoms with van der Waals surface area (Å²) in [7, 11) is 3.08. The Morgan fingerprint density at radius 2 is 1.58 bits per heavy atom. The van der Waals surface area contributed by atoms with E-state index < -0.39 is 10.9 Å². The summed E-state index contributed by atoms with van der Waals surface area (Å²) < 4.78 is 10.7. The van der Waals surface area contributed by atoms with Gasteiger partial charge < -0.3 is 24.6 Å². The molecule has 1 atom stereocenters. The van der Waals surface area contributed by atoms with Crippen LogP contribution in [0.3, 0.4) is 0 Å². The van der Waals surface area contributed by atoms with Crippen molar-refractivity contribution in [3.8, 4) is 11.5 Å². The predicted octanol–water partition coefficient (Wildman–Crippen LogP) is 4.06. The SMILES string of the molecule is COc1ccc(C(=O)N2CCN(c3c(Nc4ccccc4C)c(=O)c3=O)CC2c2ccccc2)cc1OC. The third kappa shape index (κ3) is 4.49. The van der Waals surface area contributed by atoms with Gasteiger partial charge in [0, 0.05) is 30.9 Å². The Kier molecular flexibility index (Phi) is 6.87. The van der Waals surface area contributed by atoms with E-state index >= 15 is 0 Å². The molecule has 1 amide bonds. The normalized spacial score (nSPS) is 15.4. The molecule has 1 aliphatic heterocycles. The lowest BCUT2D eigenvalue weighted by Gasteiger charge is -2.43. The minimum atomic E-state index is -0.525. The summed E-state index contributed by atoms with van der Waals surface area (Å²) in [4.78, 5) is 42.8. The molecule has 8 heteroatoms. The van der Waals surface area contributed by atoms with E-state index in [4.69, 9.17) is 9.47 Å². The molecule has 1 heterocycles. The number of ether oxygens (including phenoxy) is 2. The lowest BCUT2D eigenvalue weighted by atomic mass is 9.99. The molecule has 0 bridgehead atoms. The molecule has 38 heavy (non-hydrogen) atoms. The Hall–Kier alpha value is -4.59. The zero-order chi connectivity index (χ0) is 26.8. The molecule has 1 N–H and O–H groups in total. The second kappa shape index (κ2) is 10.4. The number of para-hydroxylation sites is 1. The maximum Gasteiger partial charge on any atom is 0.254 e. The summed E-state index contributed by atoms with van der Waals surface area (Å²) in [6.45, 7) is 3.10. The molecule has 1 fully saturated rings. The van der Waals surface area contributed by atoms with Crippen LogP contribution in [0.2, 0.25) is 0 Å². The summed E-state index contributed by atoms with van der Waals surface area (Å²) >= 11 is 0. The monoisotopic (exact) mass is 511 g/mol. The Bertz CT molecular complexity index is 1540. The van der Waals surface area contributed by atoms with E-state index in [9.17, 15) is 14.4 Å². The van der Waals surface area contributed by atoms with Gasteiger partial charge in [-0.3, -0.25) is 14.4 Å². The molecular formula is C30H29N3O5. The quantitative estimate of drug-likeness (QED) is 0.375. The van der Waals surface area contributed by atoms with E-state index in [2.05, 4.69) is 5.32 Å². The van der Waals surface area contributed by atoms with Crippen molar-refractivity contribution in [1.82, 2.24) is 4.90 Å². The van der Waals surface area contributed by atoms with Gasteiger partial charge in [-0.2, -0.15) is 0 Å². The summed E-state index contributed by atoms with van der Waals surface area (Å²) in [6.07, 6.45) is 0. The van der Waals surface area contributed by atoms with Crippen LogP contribution in [0.1, 0.15) is 27.5 Å². The van der Waals surface area contributed by atoms with Gasteiger partial charge in [-0.1, -0.05) is 48.5 Å². The highest BCUT2D eigenvalue weighted by Crippen LogP contribution is 2.34. The maximum atomic E-state index is 13.7. The topological polar surface area (TPSA) is 88.2 Å². The van der Waals surface area contributed by atoms with Crippen molar-refractivity contribution >= 4 is 23.0 Å². The number of anilines is 3. The first-order chi connectivity index (χ1) is 18.4. The van der Waals surface area contributed by atoms with Crippen LogP contribution in [0.4, 0.5) is 17.1 Å². The van der Waals surface area contributed by atoms with Crippen molar-refractivity contribution in [1.29, 1.82) is 0 Å². The Balaban J connectivity index is 1.46. The lowest BCUT2D eigenvalue weighted by Crippen LogP contribution is -2.54. The van der Waals surface area contributed by atoms with Crippen LogP contribution in [0.5, 0.6) is 11.5 Å². The Labute approximate surface area is 220 Å². The van der Waals surface area contributed by atoms with Gasteiger partial charge in [-0.25, -0.2) is 0 Å². The lowest BCUT2D eigenvalue weighted by molar-refractivity contribution is 0.0654. The molecule has 0 spiro atoms. The number of hydrogen-bond donors (Lipinski definition) is 1. The predicted molar refractivity (Wildman–Crippen MR) is 148 cm³/mol. The van der Waals surface area contributed by atoms with Gasteiger partial charge in [0.2, 0.25) is 0 Å². The van der Waals surface area contributed by atoms with Gasteiger partial charge in [0.25, 0.3) is 16.8 Å². The molecule has 5 rings (SSSR count). The molecule has 4 aromatic rings. The summed E-state index contributed by atoms with van der Waals surface area (Å²) in [5.41, 5.74) is 2.82. The molecule has 0 saturated carbocycles. The van der Waals surface area contributed by atoms with E-state index in [1.165, 1.54) is 7.11 Å². The average Bonchev–Trinajstić information content (AvgIpc) is 2.97. The molecule has 1 saturated heterocycles. The van der Waals surface area contributed by atoms with Crippen LogP contribution in [-0.4, -0.2) is 44.7 Å². The van der Waals surface area contributed by atoms with Crippen molar-refractivity contribution in [2.24, 2.45) is 0 Å². The smallest absolute Gasteiger partial charge is 0.254 e. The number of carbonyl (C=O) groups excluding carboxylic acids is 1. The zero-order valence-corrected chi connectivity index (χ0v) is 21.6. The van der Waals surface area contributed by atoms with Gasteiger partial charge in [0.1, 0.15) is 11.4 Å². The maximum absolute atomic E-state index is 13.7. The molecule has 8 nitrogen and oxygen atoms in total. The third-order valence-corrected chi connectivity index (χ3v) is 7.06. The summed E-state index contributed by atoms with van der Waals surface area (Å²) in [5.74, 6) is 0.869. The molecule has 0 aliphatic carbocycles. The van der Waals surface area contributed by atoms with Gasteiger partial charge in [-0.15, -0.1) is 0 Å². The minimum Gasteiger partial charge on any atom is -0.493 e. The molecule has 4 aromatic carbocycles. The van der Waals surface area contributed by atoms with Gasteiger partial charge in [0.05, 0.1) is 20.3 Å². The highest BCUT2D eigenvalue weighted by Gasteiger charge is 2.36. The second-order valence-corrected chi connectivity index (χ2v) is 9.26. The highest BCUT2D eigenvalue weighted by molar-refractivity contribution is 5.95. The molecule has 194 valence electrons. The molecule has 0 aromatic heterocycles. The van der Waals surface area contributed by atoms with Gasteiger partial charge in [0.15, 0.2) is 11.5 Å². The van der Waals surface area contributed by atoms with Crippen LogP contribution < -0.4 is 30.5 Å². The number of amides is 1. The third-order valence-electron chi connectivity index (χ3n) is 7.06. The fourth-order valence-corrected chi connectivity index (χ4v) is 4.97. The zero-order valence-electron chi connectivity index (χ0n) is 21.6. The first-order valence-electron chi connectivity index (χ1n) is 12.4. The van der Waals surface area contributed by atoms with Crippen LogP contribution in [0, 0.1) is 6.92 Å². The van der Waals surface area contributed by atoms with Crippen LogP contribution >= 0.6 is 0 Å². The number of hydrogen-bond acceptors (Lipinski definition) is 7. The van der Waals surface area contributed by atoms with Crippen molar-refractivity contribution in [2.75, 3.05) is 44.1 Å². The van der Waals surface area contributed by atoms with Crippen molar-refractivity contribution in [3.63, 3.8) is 0 Å². The van der Waals surface area contributed by atoms with E-state index in [1.807, 2.05) is 71.3 Å². The van der Waals surface area contributed by atoms with Crippen molar-refractivity contribution in [2.45, 2.75) is 13.0 Å². The van der Waals surface area contributed by atoms with Crippen LogP contribution in [0.15, 0.2) is 82.4 Å². The molecular weight excluding hydrogens is 482 g/mol. The summed E-state index contributed by atoms with van der Waals surface area (Å²) in [5, 5.41) is 3.17. The van der Waals surface area contributed by atoms with Crippen molar-refractivity contribution in [3.05, 3.63) is 110 Å². The molecule has 0 radical (unpaired) electrons. The highest BCUT2D eigenvalue weighted by atomic mass is 16.5. The first-order valence-corrected chi connectivity index (χ1v) is 12.4. The number of piperazine rings is 1. The van der Waals surface area contributed by atoms with E-state index in [-0.39, 0.29) is 11.9 Å².